The number of aromatic nitrogens is 2. The van der Waals surface area contributed by atoms with E-state index < -0.39 is 0 Å². The first-order chi connectivity index (χ1) is 10.1. The molecule has 0 aliphatic heterocycles. The van der Waals surface area contributed by atoms with Crippen molar-refractivity contribution in [2.24, 2.45) is 0 Å². The number of benzene rings is 2. The molecule has 6 heteroatoms. The van der Waals surface area contributed by atoms with Crippen LogP contribution >= 0.6 is 15.9 Å². The SMILES string of the molecule is CNC(c1ccccc1F)c1cc2[nH]c(=O)[nH]c2cc1Br. The van der Waals surface area contributed by atoms with Crippen LogP contribution in [0.2, 0.25) is 0 Å². The van der Waals surface area contributed by atoms with Crippen LogP contribution in [0.3, 0.4) is 0 Å². The molecule has 0 aliphatic rings. The minimum atomic E-state index is -0.316. The molecule has 4 nitrogen and oxygen atoms in total. The van der Waals surface area contributed by atoms with Gasteiger partial charge in [-0.15, -0.1) is 0 Å². The van der Waals surface area contributed by atoms with Gasteiger partial charge in [0.15, 0.2) is 0 Å². The van der Waals surface area contributed by atoms with Crippen molar-refractivity contribution in [1.29, 1.82) is 0 Å². The first-order valence-corrected chi connectivity index (χ1v) is 7.22. The van der Waals surface area contributed by atoms with Gasteiger partial charge in [0.05, 0.1) is 17.1 Å². The Morgan fingerprint density at radius 1 is 1.14 bits per heavy atom. The highest BCUT2D eigenvalue weighted by atomic mass is 79.9. The lowest BCUT2D eigenvalue weighted by Gasteiger charge is -2.19. The third-order valence-corrected chi connectivity index (χ3v) is 4.14. The second-order valence-corrected chi connectivity index (χ2v) is 5.60. The van der Waals surface area contributed by atoms with Crippen LogP contribution in [0.4, 0.5) is 4.39 Å². The van der Waals surface area contributed by atoms with Crippen LogP contribution in [-0.4, -0.2) is 17.0 Å². The van der Waals surface area contributed by atoms with Crippen LogP contribution < -0.4 is 11.0 Å². The molecule has 0 aliphatic carbocycles. The van der Waals surface area contributed by atoms with Crippen molar-refractivity contribution in [3.05, 3.63) is 68.3 Å². The van der Waals surface area contributed by atoms with Crippen molar-refractivity contribution in [2.45, 2.75) is 6.04 Å². The third-order valence-electron chi connectivity index (χ3n) is 3.45. The van der Waals surface area contributed by atoms with E-state index >= 15 is 0 Å². The van der Waals surface area contributed by atoms with Crippen LogP contribution in [0.15, 0.2) is 45.7 Å². The van der Waals surface area contributed by atoms with Gasteiger partial charge in [0.1, 0.15) is 5.82 Å². The first kappa shape index (κ1) is 14.0. The summed E-state index contributed by atoms with van der Waals surface area (Å²) in [7, 11) is 1.77. The number of imidazole rings is 1. The molecule has 1 unspecified atom stereocenters. The Morgan fingerprint density at radius 2 is 1.81 bits per heavy atom. The van der Waals surface area contributed by atoms with Crippen molar-refractivity contribution in [2.75, 3.05) is 7.05 Å². The van der Waals surface area contributed by atoms with E-state index in [2.05, 4.69) is 31.2 Å². The highest BCUT2D eigenvalue weighted by Crippen LogP contribution is 2.32. The van der Waals surface area contributed by atoms with E-state index in [0.717, 1.165) is 10.0 Å². The van der Waals surface area contributed by atoms with Gasteiger partial charge in [-0.25, -0.2) is 9.18 Å². The summed E-state index contributed by atoms with van der Waals surface area (Å²) in [5.74, 6) is -0.272. The normalized spacial score (nSPS) is 12.7. The molecule has 3 aromatic rings. The average molecular weight is 350 g/mol. The summed E-state index contributed by atoms with van der Waals surface area (Å²) < 4.78 is 14.8. The van der Waals surface area contributed by atoms with Gasteiger partial charge in [0.25, 0.3) is 0 Å². The number of hydrogen-bond donors (Lipinski definition) is 3. The van der Waals surface area contributed by atoms with Gasteiger partial charge < -0.3 is 15.3 Å². The molecule has 0 saturated carbocycles. The zero-order valence-electron chi connectivity index (χ0n) is 11.2. The molecule has 1 heterocycles. The van der Waals surface area contributed by atoms with Gasteiger partial charge in [-0.2, -0.15) is 0 Å². The van der Waals surface area contributed by atoms with E-state index in [4.69, 9.17) is 0 Å². The molecule has 0 fully saturated rings. The van der Waals surface area contributed by atoms with Crippen molar-refractivity contribution in [3.63, 3.8) is 0 Å². The summed E-state index contributed by atoms with van der Waals surface area (Å²) in [5, 5.41) is 3.12. The Balaban J connectivity index is 2.19. The first-order valence-electron chi connectivity index (χ1n) is 6.43. The lowest BCUT2D eigenvalue weighted by atomic mass is 9.98. The van der Waals surface area contributed by atoms with E-state index in [0.29, 0.717) is 16.6 Å². The standard InChI is InChI=1S/C15H13BrFN3O/c1-18-14(8-4-2-3-5-11(8)17)9-6-12-13(7-10(9)16)20-15(21)19-12/h2-7,14,18H,1H3,(H2,19,20,21). The van der Waals surface area contributed by atoms with Gasteiger partial charge in [-0.1, -0.05) is 34.1 Å². The van der Waals surface area contributed by atoms with Gasteiger partial charge in [-0.3, -0.25) is 0 Å². The Morgan fingerprint density at radius 3 is 2.48 bits per heavy atom. The number of halogens is 2. The Bertz CT molecular complexity index is 855. The largest absolute Gasteiger partial charge is 0.323 e. The fourth-order valence-corrected chi connectivity index (χ4v) is 3.05. The minimum Gasteiger partial charge on any atom is -0.309 e. The van der Waals surface area contributed by atoms with Gasteiger partial charge in [0.2, 0.25) is 0 Å². The van der Waals surface area contributed by atoms with Gasteiger partial charge in [0, 0.05) is 10.0 Å². The summed E-state index contributed by atoms with van der Waals surface area (Å²) >= 11 is 3.49. The van der Waals surface area contributed by atoms with Crippen LogP contribution in [0.1, 0.15) is 17.2 Å². The minimum absolute atomic E-state index is 0.263. The predicted molar refractivity (Wildman–Crippen MR) is 83.9 cm³/mol. The highest BCUT2D eigenvalue weighted by Gasteiger charge is 2.19. The number of nitrogens with one attached hydrogen (secondary N) is 3. The van der Waals surface area contributed by atoms with Crippen molar-refractivity contribution < 1.29 is 4.39 Å². The molecule has 1 aromatic heterocycles. The number of H-pyrrole nitrogens is 2. The van der Waals surface area contributed by atoms with E-state index in [1.54, 1.807) is 25.2 Å². The van der Waals surface area contributed by atoms with Crippen molar-refractivity contribution in [3.8, 4) is 0 Å². The molecule has 0 radical (unpaired) electrons. The summed E-state index contributed by atoms with van der Waals surface area (Å²) in [6.07, 6.45) is 0. The van der Waals surface area contributed by atoms with E-state index in [1.807, 2.05) is 12.1 Å². The Labute approximate surface area is 128 Å². The fraction of sp³-hybridized carbons (Fsp3) is 0.133. The van der Waals surface area contributed by atoms with Crippen LogP contribution in [-0.2, 0) is 0 Å². The maximum atomic E-state index is 14.0. The average Bonchev–Trinajstić information content (AvgIpc) is 2.81. The van der Waals surface area contributed by atoms with Crippen molar-refractivity contribution in [1.82, 2.24) is 15.3 Å². The topological polar surface area (TPSA) is 60.7 Å². The van der Waals surface area contributed by atoms with Crippen LogP contribution in [0.5, 0.6) is 0 Å². The number of hydrogen-bond acceptors (Lipinski definition) is 2. The number of fused-ring (bicyclic) bond motifs is 1. The zero-order chi connectivity index (χ0) is 15.0. The molecule has 3 N–H and O–H groups in total. The van der Waals surface area contributed by atoms with Crippen LogP contribution in [0, 0.1) is 5.82 Å². The molecular weight excluding hydrogens is 337 g/mol. The Hall–Kier alpha value is -1.92. The molecule has 3 rings (SSSR count). The summed E-state index contributed by atoms with van der Waals surface area (Å²) in [4.78, 5) is 16.8. The van der Waals surface area contributed by atoms with Crippen molar-refractivity contribution >= 4 is 27.0 Å². The lowest BCUT2D eigenvalue weighted by molar-refractivity contribution is 0.575. The smallest absolute Gasteiger partial charge is 0.309 e. The van der Waals surface area contributed by atoms with Gasteiger partial charge >= 0.3 is 5.69 Å². The molecule has 2 aromatic carbocycles. The second kappa shape index (κ2) is 5.46. The monoisotopic (exact) mass is 349 g/mol. The van der Waals surface area contributed by atoms with Crippen LogP contribution in [0.25, 0.3) is 11.0 Å². The quantitative estimate of drug-likeness (QED) is 0.680. The molecule has 108 valence electrons. The van der Waals surface area contributed by atoms with E-state index in [9.17, 15) is 9.18 Å². The Kier molecular flexibility index (Phi) is 3.65. The molecule has 0 spiro atoms. The maximum absolute atomic E-state index is 14.0. The van der Waals surface area contributed by atoms with E-state index in [-0.39, 0.29) is 17.5 Å². The summed E-state index contributed by atoms with van der Waals surface area (Å²) in [6, 6.07) is 9.97. The number of aromatic amines is 2. The van der Waals surface area contributed by atoms with Gasteiger partial charge in [-0.05, 0) is 30.8 Å². The molecule has 1 atom stereocenters. The number of rotatable bonds is 3. The fourth-order valence-electron chi connectivity index (χ4n) is 2.48. The lowest BCUT2D eigenvalue weighted by Crippen LogP contribution is -2.19. The molecular formula is C15H13BrFN3O. The third kappa shape index (κ3) is 2.52. The molecule has 0 saturated heterocycles. The zero-order valence-corrected chi connectivity index (χ0v) is 12.8. The highest BCUT2D eigenvalue weighted by molar-refractivity contribution is 9.10. The molecule has 0 bridgehead atoms. The maximum Gasteiger partial charge on any atom is 0.323 e. The second-order valence-electron chi connectivity index (χ2n) is 4.74. The predicted octanol–water partition coefficient (Wildman–Crippen LogP) is 3.07. The summed E-state index contributed by atoms with van der Waals surface area (Å²) in [6.45, 7) is 0. The molecule has 21 heavy (non-hydrogen) atoms. The summed E-state index contributed by atoms with van der Waals surface area (Å²) in [5.41, 5.74) is 2.54. The van der Waals surface area contributed by atoms with E-state index in [1.165, 1.54) is 6.07 Å². The molecule has 0 amide bonds.